The number of benzene rings is 1. The Balaban J connectivity index is 2.59. The third kappa shape index (κ3) is 2.09. The molecule has 1 N–H and O–H groups in total. The fourth-order valence-corrected chi connectivity index (χ4v) is 2.86. The van der Waals surface area contributed by atoms with Crippen molar-refractivity contribution < 1.29 is 5.11 Å². The molecule has 17 heavy (non-hydrogen) atoms. The second kappa shape index (κ2) is 4.07. The number of aliphatic hydroxyl groups is 1. The molecule has 1 heterocycles. The van der Waals surface area contributed by atoms with Gasteiger partial charge in [-0.15, -0.1) is 11.3 Å². The molecule has 0 radical (unpaired) electrons. The van der Waals surface area contributed by atoms with Gasteiger partial charge in [-0.2, -0.15) is 0 Å². The predicted molar refractivity (Wildman–Crippen MR) is 73.8 cm³/mol. The van der Waals surface area contributed by atoms with Gasteiger partial charge in [-0.25, -0.2) is 4.98 Å². The van der Waals surface area contributed by atoms with Crippen LogP contribution in [-0.4, -0.2) is 16.2 Å². The Morgan fingerprint density at radius 2 is 1.82 bits per heavy atom. The molecule has 0 amide bonds. The lowest BCUT2D eigenvalue weighted by molar-refractivity contribution is 0.118. The third-order valence-electron chi connectivity index (χ3n) is 3.60. The van der Waals surface area contributed by atoms with Gasteiger partial charge in [0.1, 0.15) is 5.01 Å². The highest BCUT2D eigenvalue weighted by atomic mass is 32.1. The van der Waals surface area contributed by atoms with Crippen molar-refractivity contribution in [3.05, 3.63) is 28.3 Å². The minimum absolute atomic E-state index is 0.286. The van der Waals surface area contributed by atoms with Crippen LogP contribution in [0, 0.1) is 13.8 Å². The molecule has 2 aromatic rings. The monoisotopic (exact) mass is 249 g/mol. The van der Waals surface area contributed by atoms with Crippen LogP contribution >= 0.6 is 11.3 Å². The quantitative estimate of drug-likeness (QED) is 0.882. The van der Waals surface area contributed by atoms with Gasteiger partial charge in [0, 0.05) is 5.41 Å². The molecule has 0 saturated carbocycles. The molecule has 0 fully saturated rings. The number of aromatic nitrogens is 1. The molecule has 2 rings (SSSR count). The molecule has 2 nitrogen and oxygen atoms in total. The first-order chi connectivity index (χ1) is 7.82. The van der Waals surface area contributed by atoms with E-state index < -0.39 is 6.10 Å². The highest BCUT2D eigenvalue weighted by Gasteiger charge is 2.30. The van der Waals surface area contributed by atoms with Crippen molar-refractivity contribution in [1.29, 1.82) is 0 Å². The van der Waals surface area contributed by atoms with Crippen molar-refractivity contribution in [3.8, 4) is 0 Å². The van der Waals surface area contributed by atoms with Gasteiger partial charge < -0.3 is 5.11 Å². The first kappa shape index (κ1) is 12.5. The van der Waals surface area contributed by atoms with Crippen LogP contribution < -0.4 is 0 Å². The molecule has 1 unspecified atom stereocenters. The van der Waals surface area contributed by atoms with Crippen LogP contribution in [0.1, 0.15) is 36.9 Å². The number of thiazole rings is 1. The topological polar surface area (TPSA) is 33.1 Å². The SMILES string of the molecule is Cc1cc2nc(C(C)(C)C(C)O)sc2cc1C. The number of hydrogen-bond acceptors (Lipinski definition) is 3. The zero-order valence-electron chi connectivity index (χ0n) is 11.0. The summed E-state index contributed by atoms with van der Waals surface area (Å²) in [4.78, 5) is 4.67. The average molecular weight is 249 g/mol. The first-order valence-electron chi connectivity index (χ1n) is 5.88. The summed E-state index contributed by atoms with van der Waals surface area (Å²) in [7, 11) is 0. The van der Waals surface area contributed by atoms with Gasteiger partial charge in [-0.1, -0.05) is 13.8 Å². The summed E-state index contributed by atoms with van der Waals surface area (Å²) in [6, 6.07) is 4.31. The standard InChI is InChI=1S/C14H19NOS/c1-8-6-11-12(7-9(8)2)17-13(15-11)14(4,5)10(3)16/h6-7,10,16H,1-5H3. The number of aliphatic hydroxyl groups excluding tert-OH is 1. The number of nitrogens with zero attached hydrogens (tertiary/aromatic N) is 1. The molecule has 1 atom stereocenters. The largest absolute Gasteiger partial charge is 0.392 e. The molecule has 0 aliphatic carbocycles. The fraction of sp³-hybridized carbons (Fsp3) is 0.500. The number of rotatable bonds is 2. The van der Waals surface area contributed by atoms with Gasteiger partial charge >= 0.3 is 0 Å². The molecule has 92 valence electrons. The molecule has 1 aromatic heterocycles. The van der Waals surface area contributed by atoms with Crippen LogP contribution in [0.25, 0.3) is 10.2 Å². The summed E-state index contributed by atoms with van der Waals surface area (Å²) in [6.45, 7) is 10.1. The summed E-state index contributed by atoms with van der Waals surface area (Å²) in [5.41, 5.74) is 3.32. The maximum Gasteiger partial charge on any atom is 0.102 e. The van der Waals surface area contributed by atoms with Crippen molar-refractivity contribution in [2.75, 3.05) is 0 Å². The third-order valence-corrected chi connectivity index (χ3v) is 4.96. The molecule has 1 aromatic carbocycles. The first-order valence-corrected chi connectivity index (χ1v) is 6.70. The van der Waals surface area contributed by atoms with Crippen molar-refractivity contribution in [1.82, 2.24) is 4.98 Å². The zero-order valence-corrected chi connectivity index (χ0v) is 11.9. The van der Waals surface area contributed by atoms with Crippen LogP contribution in [0.2, 0.25) is 0 Å². The van der Waals surface area contributed by atoms with Crippen LogP contribution in [0.3, 0.4) is 0 Å². The molecular weight excluding hydrogens is 230 g/mol. The Labute approximate surface area is 106 Å². The lowest BCUT2D eigenvalue weighted by Gasteiger charge is -2.24. The van der Waals surface area contributed by atoms with E-state index in [1.54, 1.807) is 11.3 Å². The Morgan fingerprint density at radius 1 is 1.24 bits per heavy atom. The molecule has 0 bridgehead atoms. The van der Waals surface area contributed by atoms with Gasteiger partial charge in [-0.05, 0) is 44.0 Å². The van der Waals surface area contributed by atoms with E-state index in [1.807, 2.05) is 20.8 Å². The van der Waals surface area contributed by atoms with E-state index in [0.29, 0.717) is 0 Å². The van der Waals surface area contributed by atoms with Crippen LogP contribution in [0.4, 0.5) is 0 Å². The molecule has 0 aliphatic heterocycles. The number of fused-ring (bicyclic) bond motifs is 1. The fourth-order valence-electron chi connectivity index (χ4n) is 1.63. The summed E-state index contributed by atoms with van der Waals surface area (Å²) in [6.07, 6.45) is -0.398. The van der Waals surface area contributed by atoms with Gasteiger partial charge in [0.05, 0.1) is 16.3 Å². The van der Waals surface area contributed by atoms with Crippen LogP contribution in [0.15, 0.2) is 12.1 Å². The number of hydrogen-bond donors (Lipinski definition) is 1. The van der Waals surface area contributed by atoms with Gasteiger partial charge in [0.15, 0.2) is 0 Å². The van der Waals surface area contributed by atoms with E-state index in [-0.39, 0.29) is 5.41 Å². The Morgan fingerprint density at radius 3 is 2.41 bits per heavy atom. The molecule has 0 aliphatic rings. The van der Waals surface area contributed by atoms with Crippen molar-refractivity contribution in [2.24, 2.45) is 0 Å². The normalized spacial score (nSPS) is 14.2. The molecule has 0 saturated heterocycles. The highest BCUT2D eigenvalue weighted by molar-refractivity contribution is 7.18. The van der Waals surface area contributed by atoms with E-state index in [4.69, 9.17) is 0 Å². The van der Waals surface area contributed by atoms with Gasteiger partial charge in [0.2, 0.25) is 0 Å². The van der Waals surface area contributed by atoms with Gasteiger partial charge in [-0.3, -0.25) is 0 Å². The Bertz CT molecular complexity index is 516. The maximum atomic E-state index is 9.83. The van der Waals surface area contributed by atoms with Crippen LogP contribution in [0.5, 0.6) is 0 Å². The highest BCUT2D eigenvalue weighted by Crippen LogP contribution is 2.34. The minimum atomic E-state index is -0.398. The molecule has 0 spiro atoms. The summed E-state index contributed by atoms with van der Waals surface area (Å²) in [5.74, 6) is 0. The minimum Gasteiger partial charge on any atom is -0.392 e. The zero-order chi connectivity index (χ0) is 12.8. The van der Waals surface area contributed by atoms with E-state index in [1.165, 1.54) is 15.8 Å². The van der Waals surface area contributed by atoms with E-state index in [2.05, 4.69) is 31.0 Å². The number of aryl methyl sites for hydroxylation is 2. The molecule has 3 heteroatoms. The van der Waals surface area contributed by atoms with Crippen LogP contribution in [-0.2, 0) is 5.41 Å². The predicted octanol–water partition coefficient (Wildman–Crippen LogP) is 3.57. The second-order valence-corrected chi connectivity index (χ2v) is 6.35. The van der Waals surface area contributed by atoms with Crippen molar-refractivity contribution in [2.45, 2.75) is 46.1 Å². The molecular formula is C14H19NOS. The second-order valence-electron chi connectivity index (χ2n) is 5.32. The van der Waals surface area contributed by atoms with Crippen molar-refractivity contribution >= 4 is 21.6 Å². The van der Waals surface area contributed by atoms with E-state index >= 15 is 0 Å². The smallest absolute Gasteiger partial charge is 0.102 e. The maximum absolute atomic E-state index is 9.83. The van der Waals surface area contributed by atoms with Crippen molar-refractivity contribution in [3.63, 3.8) is 0 Å². The summed E-state index contributed by atoms with van der Waals surface area (Å²) >= 11 is 1.68. The Hall–Kier alpha value is -0.930. The van der Waals surface area contributed by atoms with E-state index in [0.717, 1.165) is 10.5 Å². The lowest BCUT2D eigenvalue weighted by Crippen LogP contribution is -2.30. The summed E-state index contributed by atoms with van der Waals surface area (Å²) in [5, 5.41) is 10.8. The lowest BCUT2D eigenvalue weighted by atomic mass is 9.88. The summed E-state index contributed by atoms with van der Waals surface area (Å²) < 4.78 is 1.21. The van der Waals surface area contributed by atoms with Gasteiger partial charge in [0.25, 0.3) is 0 Å². The van der Waals surface area contributed by atoms with E-state index in [9.17, 15) is 5.11 Å². The Kier molecular flexibility index (Phi) is 3.00. The average Bonchev–Trinajstić information content (AvgIpc) is 2.62.